The molecule has 0 aliphatic heterocycles. The number of carbonyl (C=O) groups excluding carboxylic acids is 3. The fraction of sp³-hybridized carbons (Fsp3) is 0.833. The number of ether oxygens (including phenoxy) is 3. The Morgan fingerprint density at radius 2 is 0.650 bits per heavy atom. The summed E-state index contributed by atoms with van der Waals surface area (Å²) in [5.41, 5.74) is 0. The normalized spacial score (nSPS) is 12.2. The number of carbonyl (C=O) groups is 3. The Kier molecular flexibility index (Phi) is 47.3. The van der Waals surface area contributed by atoms with E-state index in [1.807, 2.05) is 0 Å². The summed E-state index contributed by atoms with van der Waals surface area (Å²) in [7, 11) is 0. The van der Waals surface area contributed by atoms with Gasteiger partial charge < -0.3 is 14.2 Å². The Balaban J connectivity index is 4.36. The third kappa shape index (κ3) is 46.7. The first-order valence-corrected chi connectivity index (χ1v) is 26.0. The quantitative estimate of drug-likeness (QED) is 0.0263. The van der Waals surface area contributed by atoms with Crippen molar-refractivity contribution in [2.24, 2.45) is 0 Å². The fourth-order valence-corrected chi connectivity index (χ4v) is 7.52. The zero-order valence-electron chi connectivity index (χ0n) is 40.0. The number of hydrogen-bond acceptors (Lipinski definition) is 6. The molecule has 6 heteroatoms. The van der Waals surface area contributed by atoms with Crippen LogP contribution in [0.25, 0.3) is 0 Å². The number of allylic oxidation sites excluding steroid dienone is 6. The number of esters is 3. The lowest BCUT2D eigenvalue weighted by Crippen LogP contribution is -2.30. The molecular weight excluding hydrogens is 745 g/mol. The molecule has 60 heavy (non-hydrogen) atoms. The van der Waals surface area contributed by atoms with Gasteiger partial charge in [0.15, 0.2) is 6.10 Å². The molecule has 0 aromatic heterocycles. The minimum Gasteiger partial charge on any atom is -0.462 e. The van der Waals surface area contributed by atoms with Crippen LogP contribution in [0.4, 0.5) is 0 Å². The van der Waals surface area contributed by atoms with Crippen molar-refractivity contribution in [1.82, 2.24) is 0 Å². The van der Waals surface area contributed by atoms with Gasteiger partial charge in [0.25, 0.3) is 0 Å². The fourth-order valence-electron chi connectivity index (χ4n) is 7.52. The van der Waals surface area contributed by atoms with Crippen LogP contribution < -0.4 is 0 Å². The van der Waals surface area contributed by atoms with Crippen molar-refractivity contribution in [3.8, 4) is 0 Å². The van der Waals surface area contributed by atoms with Crippen LogP contribution >= 0.6 is 0 Å². The lowest BCUT2D eigenvalue weighted by molar-refractivity contribution is -0.167. The van der Waals surface area contributed by atoms with Crippen molar-refractivity contribution in [2.45, 2.75) is 277 Å². The Morgan fingerprint density at radius 3 is 1.02 bits per heavy atom. The van der Waals surface area contributed by atoms with Crippen molar-refractivity contribution >= 4 is 17.9 Å². The summed E-state index contributed by atoms with van der Waals surface area (Å²) in [6.45, 7) is 6.53. The van der Waals surface area contributed by atoms with E-state index in [9.17, 15) is 14.4 Å². The maximum absolute atomic E-state index is 12.8. The maximum atomic E-state index is 12.8. The van der Waals surface area contributed by atoms with E-state index in [0.717, 1.165) is 96.3 Å². The van der Waals surface area contributed by atoms with Gasteiger partial charge in [-0.2, -0.15) is 0 Å². The van der Waals surface area contributed by atoms with Gasteiger partial charge in [0.2, 0.25) is 0 Å². The highest BCUT2D eigenvalue weighted by molar-refractivity contribution is 5.71. The van der Waals surface area contributed by atoms with Crippen molar-refractivity contribution in [3.63, 3.8) is 0 Å². The molecule has 0 bridgehead atoms. The van der Waals surface area contributed by atoms with E-state index in [1.54, 1.807) is 0 Å². The molecule has 0 saturated heterocycles. The van der Waals surface area contributed by atoms with Crippen LogP contribution in [0.2, 0.25) is 0 Å². The largest absolute Gasteiger partial charge is 0.462 e. The zero-order valence-corrected chi connectivity index (χ0v) is 40.0. The smallest absolute Gasteiger partial charge is 0.306 e. The molecule has 0 heterocycles. The Labute approximate surface area is 372 Å². The third-order valence-electron chi connectivity index (χ3n) is 11.4. The van der Waals surface area contributed by atoms with E-state index in [2.05, 4.69) is 57.2 Å². The van der Waals surface area contributed by atoms with Crippen molar-refractivity contribution < 1.29 is 28.6 Å². The molecule has 0 aromatic carbocycles. The highest BCUT2D eigenvalue weighted by atomic mass is 16.6. The standard InChI is InChI=1S/C54H98O6/c1-4-7-10-13-16-19-22-25-27-29-32-35-38-41-44-47-53(56)59-50-51(49-58-52(55)46-43-40-37-34-31-24-21-18-15-12-9-6-3)60-54(57)48-45-42-39-36-33-30-28-26-23-20-17-14-11-8-5-2/h7,10,16,19,25,27,51H,4-6,8-9,11-15,17-18,20-24,26,28-50H2,1-3H3/b10-7-,19-16-,27-25-/t51-/m1/s1. The summed E-state index contributed by atoms with van der Waals surface area (Å²) in [5, 5.41) is 0. The molecule has 0 aromatic rings. The molecule has 0 unspecified atom stereocenters. The average molecular weight is 843 g/mol. The molecule has 0 amide bonds. The molecule has 0 aliphatic carbocycles. The van der Waals surface area contributed by atoms with Crippen LogP contribution in [0.1, 0.15) is 271 Å². The third-order valence-corrected chi connectivity index (χ3v) is 11.4. The lowest BCUT2D eigenvalue weighted by atomic mass is 10.0. The van der Waals surface area contributed by atoms with Crippen LogP contribution in [0, 0.1) is 0 Å². The second-order valence-corrected chi connectivity index (χ2v) is 17.4. The minimum atomic E-state index is -0.773. The molecule has 0 rings (SSSR count). The molecule has 0 saturated carbocycles. The minimum absolute atomic E-state index is 0.0734. The predicted octanol–water partition coefficient (Wildman–Crippen LogP) is 16.9. The lowest BCUT2D eigenvalue weighted by Gasteiger charge is -2.18. The summed E-state index contributed by atoms with van der Waals surface area (Å²) in [4.78, 5) is 37.9. The van der Waals surface area contributed by atoms with Gasteiger partial charge in [-0.3, -0.25) is 14.4 Å². The Morgan fingerprint density at radius 1 is 0.350 bits per heavy atom. The summed E-state index contributed by atoms with van der Waals surface area (Å²) in [5.74, 6) is -0.879. The van der Waals surface area contributed by atoms with Gasteiger partial charge in [0.05, 0.1) is 0 Å². The van der Waals surface area contributed by atoms with E-state index >= 15 is 0 Å². The van der Waals surface area contributed by atoms with E-state index in [1.165, 1.54) is 135 Å². The summed E-state index contributed by atoms with van der Waals surface area (Å²) in [6, 6.07) is 0. The summed E-state index contributed by atoms with van der Waals surface area (Å²) < 4.78 is 16.8. The Hall–Kier alpha value is -2.37. The van der Waals surface area contributed by atoms with Crippen molar-refractivity contribution in [1.29, 1.82) is 0 Å². The van der Waals surface area contributed by atoms with Crippen molar-refractivity contribution in [2.75, 3.05) is 13.2 Å². The van der Waals surface area contributed by atoms with E-state index in [4.69, 9.17) is 14.2 Å². The monoisotopic (exact) mass is 843 g/mol. The SMILES string of the molecule is CC/C=C\C/C=C\C/C=C\CCCCCCCC(=O)OC[C@@H](COC(=O)CCCCCCCCCCCCCC)OC(=O)CCCCCCCCCCCCCCCCC. The predicted molar refractivity (Wildman–Crippen MR) is 256 cm³/mol. The Bertz CT molecular complexity index is 1020. The topological polar surface area (TPSA) is 78.9 Å². The van der Waals surface area contributed by atoms with Crippen LogP contribution in [0.15, 0.2) is 36.5 Å². The van der Waals surface area contributed by atoms with Crippen LogP contribution in [-0.2, 0) is 28.6 Å². The maximum Gasteiger partial charge on any atom is 0.306 e. The zero-order chi connectivity index (χ0) is 43.7. The first-order valence-electron chi connectivity index (χ1n) is 26.0. The van der Waals surface area contributed by atoms with Crippen LogP contribution in [-0.4, -0.2) is 37.2 Å². The molecular formula is C54H98O6. The highest BCUT2D eigenvalue weighted by Gasteiger charge is 2.19. The second-order valence-electron chi connectivity index (χ2n) is 17.4. The van der Waals surface area contributed by atoms with E-state index < -0.39 is 6.10 Å². The van der Waals surface area contributed by atoms with Gasteiger partial charge >= 0.3 is 17.9 Å². The average Bonchev–Trinajstić information content (AvgIpc) is 3.24. The molecule has 1 atom stereocenters. The molecule has 350 valence electrons. The molecule has 0 N–H and O–H groups in total. The number of unbranched alkanes of at least 4 members (excludes halogenated alkanes) is 30. The summed E-state index contributed by atoms with van der Waals surface area (Å²) >= 11 is 0. The highest BCUT2D eigenvalue weighted by Crippen LogP contribution is 2.16. The second kappa shape index (κ2) is 49.3. The van der Waals surface area contributed by atoms with Crippen molar-refractivity contribution in [3.05, 3.63) is 36.5 Å². The first kappa shape index (κ1) is 57.6. The van der Waals surface area contributed by atoms with Gasteiger partial charge in [-0.15, -0.1) is 0 Å². The summed E-state index contributed by atoms with van der Waals surface area (Å²) in [6.07, 6.45) is 56.9. The van der Waals surface area contributed by atoms with E-state index in [-0.39, 0.29) is 31.1 Å². The van der Waals surface area contributed by atoms with Gasteiger partial charge in [-0.25, -0.2) is 0 Å². The molecule has 6 nitrogen and oxygen atoms in total. The molecule has 0 radical (unpaired) electrons. The van der Waals surface area contributed by atoms with Crippen LogP contribution in [0.5, 0.6) is 0 Å². The van der Waals surface area contributed by atoms with Gasteiger partial charge in [0, 0.05) is 19.3 Å². The first-order chi connectivity index (χ1) is 29.5. The van der Waals surface area contributed by atoms with Gasteiger partial charge in [0.1, 0.15) is 13.2 Å². The number of hydrogen-bond donors (Lipinski definition) is 0. The molecule has 0 fully saturated rings. The molecule has 0 spiro atoms. The van der Waals surface area contributed by atoms with E-state index in [0.29, 0.717) is 19.3 Å². The molecule has 0 aliphatic rings. The number of rotatable bonds is 47. The van der Waals surface area contributed by atoms with Gasteiger partial charge in [-0.1, -0.05) is 237 Å². The van der Waals surface area contributed by atoms with Gasteiger partial charge in [-0.05, 0) is 51.4 Å². The van der Waals surface area contributed by atoms with Crippen LogP contribution in [0.3, 0.4) is 0 Å².